The Kier molecular flexibility index (Phi) is 5.18. The number of anilines is 1. The average Bonchev–Trinajstić information content (AvgIpc) is 2.42. The van der Waals surface area contributed by atoms with Crippen LogP contribution in [0.2, 0.25) is 0 Å². The van der Waals surface area contributed by atoms with Crippen molar-refractivity contribution in [2.75, 3.05) is 18.4 Å². The van der Waals surface area contributed by atoms with E-state index in [4.69, 9.17) is 0 Å². The molecule has 1 amide bonds. The highest BCUT2D eigenvalue weighted by atomic mass is 16.2. The summed E-state index contributed by atoms with van der Waals surface area (Å²) in [4.78, 5) is 14.4. The molecule has 110 valence electrons. The number of benzene rings is 1. The number of hydrogen-bond acceptors (Lipinski definition) is 2. The van der Waals surface area contributed by atoms with Gasteiger partial charge in [0.15, 0.2) is 0 Å². The number of nitrogens with one attached hydrogen (secondary N) is 1. The molecule has 3 nitrogen and oxygen atoms in total. The second-order valence-corrected chi connectivity index (χ2v) is 6.14. The van der Waals surface area contributed by atoms with Crippen molar-refractivity contribution in [3.8, 4) is 0 Å². The molecule has 20 heavy (non-hydrogen) atoms. The smallest absolute Gasteiger partial charge is 0.238 e. The van der Waals surface area contributed by atoms with Gasteiger partial charge in [0.1, 0.15) is 0 Å². The van der Waals surface area contributed by atoms with Crippen molar-refractivity contribution in [3.05, 3.63) is 29.8 Å². The Morgan fingerprint density at radius 1 is 1.30 bits per heavy atom. The van der Waals surface area contributed by atoms with E-state index in [0.717, 1.165) is 12.2 Å². The summed E-state index contributed by atoms with van der Waals surface area (Å²) < 4.78 is 0. The number of carbonyl (C=O) groups is 1. The van der Waals surface area contributed by atoms with Crippen molar-refractivity contribution in [1.82, 2.24) is 4.90 Å². The Balaban J connectivity index is 1.87. The molecular weight excluding hydrogens is 248 g/mol. The standard InChI is InChI=1S/C17H26N2O/c1-13(2)15-7-9-16(10-8-15)18-17(20)12-19-11-5-4-6-14(19)3/h7-10,13-14H,4-6,11-12H2,1-3H3,(H,18,20). The predicted molar refractivity (Wildman–Crippen MR) is 84.0 cm³/mol. The van der Waals surface area contributed by atoms with Crippen LogP contribution in [0.3, 0.4) is 0 Å². The molecular formula is C17H26N2O. The first-order valence-corrected chi connectivity index (χ1v) is 7.70. The number of likely N-dealkylation sites (tertiary alicyclic amines) is 1. The summed E-state index contributed by atoms with van der Waals surface area (Å²) in [5.41, 5.74) is 2.19. The van der Waals surface area contributed by atoms with E-state index >= 15 is 0 Å². The lowest BCUT2D eigenvalue weighted by Gasteiger charge is -2.32. The molecule has 0 aromatic heterocycles. The van der Waals surface area contributed by atoms with Gasteiger partial charge in [-0.25, -0.2) is 0 Å². The second-order valence-electron chi connectivity index (χ2n) is 6.14. The molecule has 1 saturated heterocycles. The summed E-state index contributed by atoms with van der Waals surface area (Å²) in [5, 5.41) is 3.00. The van der Waals surface area contributed by atoms with E-state index in [0.29, 0.717) is 18.5 Å². The Bertz CT molecular complexity index is 439. The molecule has 1 heterocycles. The average molecular weight is 274 g/mol. The van der Waals surface area contributed by atoms with Gasteiger partial charge in [-0.1, -0.05) is 32.4 Å². The van der Waals surface area contributed by atoms with Crippen LogP contribution >= 0.6 is 0 Å². The lowest BCUT2D eigenvalue weighted by atomic mass is 10.0. The van der Waals surface area contributed by atoms with Crippen molar-refractivity contribution in [3.63, 3.8) is 0 Å². The fourth-order valence-corrected chi connectivity index (χ4v) is 2.73. The lowest BCUT2D eigenvalue weighted by Crippen LogP contribution is -2.42. The van der Waals surface area contributed by atoms with Crippen molar-refractivity contribution < 1.29 is 4.79 Å². The maximum absolute atomic E-state index is 12.1. The van der Waals surface area contributed by atoms with Crippen LogP contribution in [0.15, 0.2) is 24.3 Å². The first kappa shape index (κ1) is 15.0. The van der Waals surface area contributed by atoms with Crippen LogP contribution in [0, 0.1) is 0 Å². The molecule has 1 aliphatic rings. The van der Waals surface area contributed by atoms with E-state index in [2.05, 4.69) is 43.1 Å². The summed E-state index contributed by atoms with van der Waals surface area (Å²) in [6, 6.07) is 8.69. The number of nitrogens with zero attached hydrogens (tertiary/aromatic N) is 1. The number of carbonyl (C=O) groups excluding carboxylic acids is 1. The molecule has 1 aliphatic heterocycles. The molecule has 1 atom stereocenters. The topological polar surface area (TPSA) is 32.3 Å². The monoisotopic (exact) mass is 274 g/mol. The second kappa shape index (κ2) is 6.89. The van der Waals surface area contributed by atoms with Gasteiger partial charge >= 0.3 is 0 Å². The van der Waals surface area contributed by atoms with E-state index in [1.54, 1.807) is 0 Å². The third kappa shape index (κ3) is 4.07. The first-order chi connectivity index (χ1) is 9.56. The largest absolute Gasteiger partial charge is 0.325 e. The highest BCUT2D eigenvalue weighted by molar-refractivity contribution is 5.92. The van der Waals surface area contributed by atoms with Gasteiger partial charge in [-0.2, -0.15) is 0 Å². The Labute approximate surface area is 122 Å². The van der Waals surface area contributed by atoms with Gasteiger partial charge in [-0.05, 0) is 49.9 Å². The zero-order chi connectivity index (χ0) is 14.5. The zero-order valence-electron chi connectivity index (χ0n) is 12.9. The summed E-state index contributed by atoms with van der Waals surface area (Å²) in [6.45, 7) is 8.11. The summed E-state index contributed by atoms with van der Waals surface area (Å²) in [6.07, 6.45) is 3.70. The van der Waals surface area contributed by atoms with Gasteiger partial charge < -0.3 is 5.32 Å². The maximum Gasteiger partial charge on any atom is 0.238 e. The molecule has 1 unspecified atom stereocenters. The van der Waals surface area contributed by atoms with Crippen LogP contribution in [-0.2, 0) is 4.79 Å². The van der Waals surface area contributed by atoms with Crippen LogP contribution in [0.5, 0.6) is 0 Å². The van der Waals surface area contributed by atoms with Crippen LogP contribution in [0.4, 0.5) is 5.69 Å². The third-order valence-electron chi connectivity index (χ3n) is 4.15. The summed E-state index contributed by atoms with van der Waals surface area (Å²) >= 11 is 0. The molecule has 3 heteroatoms. The molecule has 0 bridgehead atoms. The normalized spacial score (nSPS) is 20.1. The van der Waals surface area contributed by atoms with Gasteiger partial charge in [-0.15, -0.1) is 0 Å². The number of piperidine rings is 1. The number of rotatable bonds is 4. The number of hydrogen-bond donors (Lipinski definition) is 1. The fourth-order valence-electron chi connectivity index (χ4n) is 2.73. The Morgan fingerprint density at radius 2 is 2.00 bits per heavy atom. The molecule has 1 fully saturated rings. The summed E-state index contributed by atoms with van der Waals surface area (Å²) in [7, 11) is 0. The molecule has 2 rings (SSSR count). The van der Waals surface area contributed by atoms with Crippen molar-refractivity contribution in [1.29, 1.82) is 0 Å². The van der Waals surface area contributed by atoms with Gasteiger partial charge in [0.2, 0.25) is 5.91 Å². The van der Waals surface area contributed by atoms with Gasteiger partial charge in [0, 0.05) is 11.7 Å². The first-order valence-electron chi connectivity index (χ1n) is 7.70. The highest BCUT2D eigenvalue weighted by Gasteiger charge is 2.20. The van der Waals surface area contributed by atoms with E-state index in [9.17, 15) is 4.79 Å². The SMILES string of the molecule is CC(C)c1ccc(NC(=O)CN2CCCCC2C)cc1. The minimum absolute atomic E-state index is 0.0936. The van der Waals surface area contributed by atoms with Crippen molar-refractivity contribution in [2.45, 2.75) is 52.0 Å². The highest BCUT2D eigenvalue weighted by Crippen LogP contribution is 2.18. The van der Waals surface area contributed by atoms with E-state index in [1.807, 2.05) is 12.1 Å². The Hall–Kier alpha value is -1.35. The van der Waals surface area contributed by atoms with Crippen LogP contribution in [0.1, 0.15) is 51.5 Å². The van der Waals surface area contributed by atoms with Gasteiger partial charge in [0.05, 0.1) is 6.54 Å². The fraction of sp³-hybridized carbons (Fsp3) is 0.588. The molecule has 1 aromatic carbocycles. The van der Waals surface area contributed by atoms with E-state index in [1.165, 1.54) is 24.8 Å². The maximum atomic E-state index is 12.1. The summed E-state index contributed by atoms with van der Waals surface area (Å²) in [5.74, 6) is 0.616. The zero-order valence-corrected chi connectivity index (χ0v) is 12.9. The molecule has 0 spiro atoms. The van der Waals surface area contributed by atoms with Crippen molar-refractivity contribution in [2.24, 2.45) is 0 Å². The molecule has 0 aliphatic carbocycles. The van der Waals surface area contributed by atoms with Crippen LogP contribution in [0.25, 0.3) is 0 Å². The molecule has 1 N–H and O–H groups in total. The van der Waals surface area contributed by atoms with Gasteiger partial charge in [0.25, 0.3) is 0 Å². The van der Waals surface area contributed by atoms with Gasteiger partial charge in [-0.3, -0.25) is 9.69 Å². The third-order valence-corrected chi connectivity index (χ3v) is 4.15. The molecule has 0 saturated carbocycles. The van der Waals surface area contributed by atoms with Crippen molar-refractivity contribution >= 4 is 11.6 Å². The van der Waals surface area contributed by atoms with Crippen LogP contribution < -0.4 is 5.32 Å². The van der Waals surface area contributed by atoms with Crippen LogP contribution in [-0.4, -0.2) is 29.9 Å². The minimum Gasteiger partial charge on any atom is -0.325 e. The molecule has 0 radical (unpaired) electrons. The Morgan fingerprint density at radius 3 is 2.60 bits per heavy atom. The number of amides is 1. The molecule has 1 aromatic rings. The quantitative estimate of drug-likeness (QED) is 0.909. The van der Waals surface area contributed by atoms with E-state index < -0.39 is 0 Å². The minimum atomic E-state index is 0.0936. The van der Waals surface area contributed by atoms with E-state index in [-0.39, 0.29) is 5.91 Å². The lowest BCUT2D eigenvalue weighted by molar-refractivity contribution is -0.118. The predicted octanol–water partition coefficient (Wildman–Crippen LogP) is 3.62.